The number of hydrogen-bond acceptors (Lipinski definition) is 3. The van der Waals surface area contributed by atoms with Gasteiger partial charge in [-0.1, -0.05) is 24.3 Å². The number of hydrogen-bond donors (Lipinski definition) is 2. The second-order valence-electron chi connectivity index (χ2n) is 5.01. The summed E-state index contributed by atoms with van der Waals surface area (Å²) in [6.07, 6.45) is -4.41. The van der Waals surface area contributed by atoms with Crippen molar-refractivity contribution in [2.24, 2.45) is 0 Å². The van der Waals surface area contributed by atoms with Gasteiger partial charge in [-0.25, -0.2) is 0 Å². The quantitative estimate of drug-likeness (QED) is 0.851. The van der Waals surface area contributed by atoms with E-state index in [1.807, 2.05) is 0 Å². The smallest absolute Gasteiger partial charge is 0.416 e. The van der Waals surface area contributed by atoms with Crippen molar-refractivity contribution in [2.75, 3.05) is 6.61 Å². The summed E-state index contributed by atoms with van der Waals surface area (Å²) < 4.78 is 42.5. The molecule has 0 saturated carbocycles. The molecule has 4 nitrogen and oxygen atoms in total. The molecule has 128 valence electrons. The van der Waals surface area contributed by atoms with Gasteiger partial charge in [-0.3, -0.25) is 4.79 Å². The molecular weight excluding hydrogens is 323 g/mol. The molecule has 0 heterocycles. The van der Waals surface area contributed by atoms with Gasteiger partial charge in [0, 0.05) is 6.54 Å². The van der Waals surface area contributed by atoms with E-state index >= 15 is 0 Å². The van der Waals surface area contributed by atoms with E-state index in [9.17, 15) is 23.1 Å². The van der Waals surface area contributed by atoms with Crippen molar-refractivity contribution in [3.63, 3.8) is 0 Å². The average molecular weight is 339 g/mol. The molecule has 24 heavy (non-hydrogen) atoms. The summed E-state index contributed by atoms with van der Waals surface area (Å²) in [6, 6.07) is 11.2. The Morgan fingerprint density at radius 1 is 1.04 bits per heavy atom. The zero-order valence-corrected chi connectivity index (χ0v) is 12.6. The standard InChI is InChI=1S/C17H16F3NO3/c18-17(19,20)14-5-7-15(8-6-14)24-11-16(23)21-9-12-3-1-2-4-13(12)10-22/h1-8,22H,9-11H2,(H,21,23). The number of halogens is 3. The molecule has 2 N–H and O–H groups in total. The maximum atomic E-state index is 12.4. The molecule has 0 aromatic heterocycles. The molecule has 0 saturated heterocycles. The van der Waals surface area contributed by atoms with E-state index in [2.05, 4.69) is 5.32 Å². The number of rotatable bonds is 6. The summed E-state index contributed by atoms with van der Waals surface area (Å²) >= 11 is 0. The van der Waals surface area contributed by atoms with Gasteiger partial charge in [0.15, 0.2) is 6.61 Å². The Balaban J connectivity index is 1.83. The number of carbonyl (C=O) groups excluding carboxylic acids is 1. The first-order chi connectivity index (χ1) is 11.4. The number of carbonyl (C=O) groups is 1. The van der Waals surface area contributed by atoms with Crippen molar-refractivity contribution in [2.45, 2.75) is 19.3 Å². The normalized spacial score (nSPS) is 11.2. The highest BCUT2D eigenvalue weighted by atomic mass is 19.4. The van der Waals surface area contributed by atoms with Crippen molar-refractivity contribution in [3.8, 4) is 5.75 Å². The van der Waals surface area contributed by atoms with E-state index in [0.717, 1.165) is 29.8 Å². The second kappa shape index (κ2) is 7.83. The number of aliphatic hydroxyl groups excluding tert-OH is 1. The van der Waals surface area contributed by atoms with Crippen LogP contribution in [-0.4, -0.2) is 17.6 Å². The lowest BCUT2D eigenvalue weighted by atomic mass is 10.1. The predicted molar refractivity (Wildman–Crippen MR) is 81.2 cm³/mol. The summed E-state index contributed by atoms with van der Waals surface area (Å²) in [5, 5.41) is 11.8. The molecule has 0 aliphatic rings. The molecule has 0 aliphatic heterocycles. The van der Waals surface area contributed by atoms with Gasteiger partial charge in [0.05, 0.1) is 12.2 Å². The Hall–Kier alpha value is -2.54. The zero-order valence-electron chi connectivity index (χ0n) is 12.6. The van der Waals surface area contributed by atoms with Gasteiger partial charge in [0.2, 0.25) is 0 Å². The van der Waals surface area contributed by atoms with Crippen LogP contribution in [0.2, 0.25) is 0 Å². The van der Waals surface area contributed by atoms with Crippen LogP contribution in [0, 0.1) is 0 Å². The van der Waals surface area contributed by atoms with E-state index < -0.39 is 17.6 Å². The average Bonchev–Trinajstić information content (AvgIpc) is 2.58. The SMILES string of the molecule is O=C(COc1ccc(C(F)(F)F)cc1)NCc1ccccc1CO. The highest BCUT2D eigenvalue weighted by molar-refractivity contribution is 5.77. The molecule has 0 fully saturated rings. The summed E-state index contributed by atoms with van der Waals surface area (Å²) in [6.45, 7) is -0.216. The third-order valence-electron chi connectivity index (χ3n) is 3.32. The van der Waals surface area contributed by atoms with Crippen LogP contribution >= 0.6 is 0 Å². The molecule has 0 atom stereocenters. The van der Waals surface area contributed by atoms with Gasteiger partial charge < -0.3 is 15.2 Å². The van der Waals surface area contributed by atoms with Gasteiger partial charge >= 0.3 is 6.18 Å². The van der Waals surface area contributed by atoms with Crippen LogP contribution in [0.25, 0.3) is 0 Å². The van der Waals surface area contributed by atoms with Gasteiger partial charge in [0.25, 0.3) is 5.91 Å². The van der Waals surface area contributed by atoms with Gasteiger partial charge in [-0.05, 0) is 35.4 Å². The summed E-state index contributed by atoms with van der Waals surface area (Å²) in [4.78, 5) is 11.7. The number of alkyl halides is 3. The first kappa shape index (κ1) is 17.8. The van der Waals surface area contributed by atoms with Crippen molar-refractivity contribution in [1.82, 2.24) is 5.32 Å². The number of nitrogens with one attached hydrogen (secondary N) is 1. The molecule has 0 spiro atoms. The van der Waals surface area contributed by atoms with Crippen LogP contribution in [0.5, 0.6) is 5.75 Å². The fourth-order valence-electron chi connectivity index (χ4n) is 2.02. The Bertz CT molecular complexity index is 684. The fourth-order valence-corrected chi connectivity index (χ4v) is 2.02. The lowest BCUT2D eigenvalue weighted by molar-refractivity contribution is -0.137. The summed E-state index contributed by atoms with van der Waals surface area (Å²) in [5.74, 6) is -0.239. The largest absolute Gasteiger partial charge is 0.484 e. The predicted octanol–water partition coefficient (Wildman–Crippen LogP) is 2.89. The number of ether oxygens (including phenoxy) is 1. The first-order valence-corrected chi connectivity index (χ1v) is 7.14. The number of amides is 1. The van der Waals surface area contributed by atoms with Crippen LogP contribution < -0.4 is 10.1 Å². The third kappa shape index (κ3) is 4.99. The Labute approximate surface area is 136 Å². The summed E-state index contributed by atoms with van der Waals surface area (Å²) in [5.41, 5.74) is 0.712. The third-order valence-corrected chi connectivity index (χ3v) is 3.32. The lowest BCUT2D eigenvalue weighted by Gasteiger charge is -2.11. The molecule has 1 amide bonds. The summed E-state index contributed by atoms with van der Waals surface area (Å²) in [7, 11) is 0. The molecule has 0 radical (unpaired) electrons. The van der Waals surface area contributed by atoms with Crippen molar-refractivity contribution in [3.05, 3.63) is 65.2 Å². The lowest BCUT2D eigenvalue weighted by Crippen LogP contribution is -2.28. The maximum Gasteiger partial charge on any atom is 0.416 e. The molecule has 2 rings (SSSR count). The van der Waals surface area contributed by atoms with E-state index in [4.69, 9.17) is 4.74 Å². The van der Waals surface area contributed by atoms with E-state index in [1.165, 1.54) is 0 Å². The molecule has 0 aliphatic carbocycles. The molecule has 2 aromatic carbocycles. The Morgan fingerprint density at radius 2 is 1.67 bits per heavy atom. The van der Waals surface area contributed by atoms with Crippen molar-refractivity contribution in [1.29, 1.82) is 0 Å². The maximum absolute atomic E-state index is 12.4. The minimum Gasteiger partial charge on any atom is -0.484 e. The van der Waals surface area contributed by atoms with Crippen LogP contribution in [0.4, 0.5) is 13.2 Å². The Kier molecular flexibility index (Phi) is 5.81. The minimum absolute atomic E-state index is 0.131. The van der Waals surface area contributed by atoms with Crippen LogP contribution in [-0.2, 0) is 24.1 Å². The van der Waals surface area contributed by atoms with Gasteiger partial charge in [-0.15, -0.1) is 0 Å². The second-order valence-corrected chi connectivity index (χ2v) is 5.01. The number of benzene rings is 2. The fraction of sp³-hybridized carbons (Fsp3) is 0.235. The molecule has 0 bridgehead atoms. The Morgan fingerprint density at radius 3 is 2.25 bits per heavy atom. The van der Waals surface area contributed by atoms with Crippen LogP contribution in [0.15, 0.2) is 48.5 Å². The highest BCUT2D eigenvalue weighted by Crippen LogP contribution is 2.30. The van der Waals surface area contributed by atoms with E-state index in [-0.39, 0.29) is 25.5 Å². The monoisotopic (exact) mass is 339 g/mol. The van der Waals surface area contributed by atoms with Crippen LogP contribution in [0.1, 0.15) is 16.7 Å². The van der Waals surface area contributed by atoms with Crippen LogP contribution in [0.3, 0.4) is 0 Å². The first-order valence-electron chi connectivity index (χ1n) is 7.14. The van der Waals surface area contributed by atoms with Crippen molar-refractivity contribution >= 4 is 5.91 Å². The van der Waals surface area contributed by atoms with E-state index in [1.54, 1.807) is 24.3 Å². The molecule has 2 aromatic rings. The molecular formula is C17H16F3NO3. The van der Waals surface area contributed by atoms with Gasteiger partial charge in [0.1, 0.15) is 5.75 Å². The zero-order chi connectivity index (χ0) is 17.6. The van der Waals surface area contributed by atoms with E-state index in [0.29, 0.717) is 5.56 Å². The van der Waals surface area contributed by atoms with Crippen molar-refractivity contribution < 1.29 is 27.8 Å². The topological polar surface area (TPSA) is 58.6 Å². The minimum atomic E-state index is -4.41. The van der Waals surface area contributed by atoms with Gasteiger partial charge in [-0.2, -0.15) is 13.2 Å². The highest BCUT2D eigenvalue weighted by Gasteiger charge is 2.30. The number of aliphatic hydroxyl groups is 1. The molecule has 0 unspecified atom stereocenters. The molecule has 7 heteroatoms.